The lowest BCUT2D eigenvalue weighted by molar-refractivity contribution is -0.122. The fraction of sp³-hybridized carbons (Fsp3) is 0.364. The van der Waals surface area contributed by atoms with Crippen LogP contribution in [0.25, 0.3) is 0 Å². The zero-order valence-corrected chi connectivity index (χ0v) is 15.8. The predicted octanol–water partition coefficient (Wildman–Crippen LogP) is 4.15. The van der Waals surface area contributed by atoms with Crippen LogP contribution in [-0.2, 0) is 22.4 Å². The molecule has 0 saturated carbocycles. The van der Waals surface area contributed by atoms with E-state index in [1.807, 2.05) is 13.0 Å². The minimum atomic E-state index is -0.577. The van der Waals surface area contributed by atoms with Crippen LogP contribution in [0.1, 0.15) is 47.7 Å². The van der Waals surface area contributed by atoms with Gasteiger partial charge in [0.15, 0.2) is 6.10 Å². The highest BCUT2D eigenvalue weighted by Crippen LogP contribution is 2.26. The molecule has 5 heteroatoms. The molecule has 1 unspecified atom stereocenters. The molecular formula is C22H25NO4. The molecule has 5 nitrogen and oxygen atoms in total. The van der Waals surface area contributed by atoms with Crippen LogP contribution in [0.3, 0.4) is 0 Å². The summed E-state index contributed by atoms with van der Waals surface area (Å²) in [5.74, 6) is 0.120. The number of anilines is 1. The molecule has 1 amide bonds. The molecule has 0 aromatic heterocycles. The van der Waals surface area contributed by atoms with E-state index in [4.69, 9.17) is 4.74 Å². The molecule has 0 aliphatic heterocycles. The maximum absolute atomic E-state index is 12.6. The maximum atomic E-state index is 12.6. The van der Waals surface area contributed by atoms with Gasteiger partial charge in [-0.3, -0.25) is 4.79 Å². The predicted molar refractivity (Wildman–Crippen MR) is 104 cm³/mol. The average molecular weight is 367 g/mol. The molecule has 0 spiro atoms. The molecule has 27 heavy (non-hydrogen) atoms. The fourth-order valence-corrected chi connectivity index (χ4v) is 3.30. The maximum Gasteiger partial charge on any atom is 0.337 e. The Balaban J connectivity index is 1.64. The molecule has 2 aromatic rings. The molecule has 2 aromatic carbocycles. The number of fused-ring (bicyclic) bond motifs is 1. The third-order valence-electron chi connectivity index (χ3n) is 4.84. The SMILES string of the molecule is CCC(Oc1ccc2c(c1)CCCC2)C(=O)Nc1ccc(C(=O)OC)cc1. The molecule has 142 valence electrons. The van der Waals surface area contributed by atoms with E-state index in [9.17, 15) is 9.59 Å². The van der Waals surface area contributed by atoms with Crippen molar-refractivity contribution in [3.05, 3.63) is 59.2 Å². The second-order valence-electron chi connectivity index (χ2n) is 6.71. The molecule has 3 rings (SSSR count). The molecule has 0 radical (unpaired) electrons. The minimum Gasteiger partial charge on any atom is -0.481 e. The lowest BCUT2D eigenvalue weighted by Crippen LogP contribution is -2.32. The van der Waals surface area contributed by atoms with Gasteiger partial charge in [-0.15, -0.1) is 0 Å². The van der Waals surface area contributed by atoms with Crippen LogP contribution in [-0.4, -0.2) is 25.1 Å². The van der Waals surface area contributed by atoms with Crippen LogP contribution < -0.4 is 10.1 Å². The molecule has 1 N–H and O–H groups in total. The minimum absolute atomic E-state index is 0.207. The first kappa shape index (κ1) is 19.0. The second kappa shape index (κ2) is 8.71. The smallest absolute Gasteiger partial charge is 0.337 e. The summed E-state index contributed by atoms with van der Waals surface area (Å²) < 4.78 is 10.6. The van der Waals surface area contributed by atoms with Gasteiger partial charge in [0.2, 0.25) is 0 Å². The van der Waals surface area contributed by atoms with Gasteiger partial charge < -0.3 is 14.8 Å². The molecular weight excluding hydrogens is 342 g/mol. The number of hydrogen-bond acceptors (Lipinski definition) is 4. The Morgan fingerprint density at radius 2 is 1.74 bits per heavy atom. The van der Waals surface area contributed by atoms with Crippen molar-refractivity contribution in [1.29, 1.82) is 0 Å². The number of carbonyl (C=O) groups is 2. The van der Waals surface area contributed by atoms with E-state index in [0.717, 1.165) is 18.6 Å². The van der Waals surface area contributed by atoms with E-state index < -0.39 is 12.1 Å². The Hall–Kier alpha value is -2.82. The lowest BCUT2D eigenvalue weighted by Gasteiger charge is -2.20. The Bertz CT molecular complexity index is 814. The van der Waals surface area contributed by atoms with Gasteiger partial charge in [-0.1, -0.05) is 13.0 Å². The molecule has 1 aliphatic rings. The molecule has 0 heterocycles. The van der Waals surface area contributed by atoms with Crippen LogP contribution in [0.15, 0.2) is 42.5 Å². The number of amides is 1. The van der Waals surface area contributed by atoms with Crippen LogP contribution in [0.5, 0.6) is 5.75 Å². The lowest BCUT2D eigenvalue weighted by atomic mass is 9.92. The highest BCUT2D eigenvalue weighted by atomic mass is 16.5. The molecule has 1 atom stereocenters. The zero-order chi connectivity index (χ0) is 19.2. The summed E-state index contributed by atoms with van der Waals surface area (Å²) in [7, 11) is 1.34. The summed E-state index contributed by atoms with van der Waals surface area (Å²) in [6, 6.07) is 12.7. The van der Waals surface area contributed by atoms with Crippen LogP contribution in [0, 0.1) is 0 Å². The van der Waals surface area contributed by atoms with Gasteiger partial charge in [0.25, 0.3) is 5.91 Å². The quantitative estimate of drug-likeness (QED) is 0.779. The topological polar surface area (TPSA) is 64.6 Å². The summed E-state index contributed by atoms with van der Waals surface area (Å²) in [6.07, 6.45) is 4.62. The van der Waals surface area contributed by atoms with Crippen molar-refractivity contribution < 1.29 is 19.1 Å². The largest absolute Gasteiger partial charge is 0.481 e. The first-order valence-electron chi connectivity index (χ1n) is 9.38. The molecule has 0 bridgehead atoms. The van der Waals surface area contributed by atoms with Crippen LogP contribution >= 0.6 is 0 Å². The molecule has 1 aliphatic carbocycles. The van der Waals surface area contributed by atoms with Gasteiger partial charge in [-0.25, -0.2) is 4.79 Å². The van der Waals surface area contributed by atoms with E-state index in [1.165, 1.54) is 31.1 Å². The molecule has 0 fully saturated rings. The fourth-order valence-electron chi connectivity index (χ4n) is 3.30. The van der Waals surface area contributed by atoms with Gasteiger partial charge in [0, 0.05) is 5.69 Å². The standard InChI is InChI=1S/C22H25NO4/c1-3-20(27-19-13-10-15-6-4-5-7-17(15)14-19)21(24)23-18-11-8-16(9-12-18)22(25)26-2/h8-14,20H,3-7H2,1-2H3,(H,23,24). The van der Waals surface area contributed by atoms with Crippen molar-refractivity contribution >= 4 is 17.6 Å². The Kier molecular flexibility index (Phi) is 6.12. The number of esters is 1. The van der Waals surface area contributed by atoms with Crippen molar-refractivity contribution in [3.8, 4) is 5.75 Å². The van der Waals surface area contributed by atoms with E-state index >= 15 is 0 Å². The zero-order valence-electron chi connectivity index (χ0n) is 15.8. The summed E-state index contributed by atoms with van der Waals surface area (Å²) in [5.41, 5.74) is 3.76. The van der Waals surface area contributed by atoms with Crippen molar-refractivity contribution in [2.75, 3.05) is 12.4 Å². The van der Waals surface area contributed by atoms with Gasteiger partial charge in [0.1, 0.15) is 5.75 Å². The van der Waals surface area contributed by atoms with Crippen LogP contribution in [0.2, 0.25) is 0 Å². The highest BCUT2D eigenvalue weighted by molar-refractivity contribution is 5.95. The number of hydrogen-bond donors (Lipinski definition) is 1. The Morgan fingerprint density at radius 3 is 2.41 bits per heavy atom. The van der Waals surface area contributed by atoms with Crippen LogP contribution in [0.4, 0.5) is 5.69 Å². The number of methoxy groups -OCH3 is 1. The number of carbonyl (C=O) groups excluding carboxylic acids is 2. The highest BCUT2D eigenvalue weighted by Gasteiger charge is 2.20. The van der Waals surface area contributed by atoms with Crippen molar-refractivity contribution in [2.24, 2.45) is 0 Å². The number of benzene rings is 2. The summed E-state index contributed by atoms with van der Waals surface area (Å²) >= 11 is 0. The van der Waals surface area contributed by atoms with Gasteiger partial charge in [-0.2, -0.15) is 0 Å². The summed E-state index contributed by atoms with van der Waals surface area (Å²) in [6.45, 7) is 1.92. The van der Waals surface area contributed by atoms with Gasteiger partial charge in [-0.05, 0) is 79.6 Å². The molecule has 0 saturated heterocycles. The van der Waals surface area contributed by atoms with E-state index in [1.54, 1.807) is 24.3 Å². The van der Waals surface area contributed by atoms with E-state index in [2.05, 4.69) is 22.2 Å². The number of nitrogens with one attached hydrogen (secondary N) is 1. The van der Waals surface area contributed by atoms with Crippen molar-refractivity contribution in [1.82, 2.24) is 0 Å². The third-order valence-corrected chi connectivity index (χ3v) is 4.84. The third kappa shape index (κ3) is 4.67. The number of rotatable bonds is 6. The van der Waals surface area contributed by atoms with Gasteiger partial charge in [0.05, 0.1) is 12.7 Å². The first-order chi connectivity index (χ1) is 13.1. The van der Waals surface area contributed by atoms with Gasteiger partial charge >= 0.3 is 5.97 Å². The Morgan fingerprint density at radius 1 is 1.04 bits per heavy atom. The normalized spacial score (nSPS) is 14.0. The van der Waals surface area contributed by atoms with E-state index in [0.29, 0.717) is 17.7 Å². The Labute approximate surface area is 159 Å². The summed E-state index contributed by atoms with van der Waals surface area (Å²) in [5, 5.41) is 2.84. The monoisotopic (exact) mass is 367 g/mol. The first-order valence-corrected chi connectivity index (χ1v) is 9.38. The average Bonchev–Trinajstić information content (AvgIpc) is 2.71. The van der Waals surface area contributed by atoms with Crippen molar-refractivity contribution in [2.45, 2.75) is 45.1 Å². The number of ether oxygens (including phenoxy) is 2. The van der Waals surface area contributed by atoms with E-state index in [-0.39, 0.29) is 5.91 Å². The number of aryl methyl sites for hydroxylation is 2. The van der Waals surface area contributed by atoms with Crippen molar-refractivity contribution in [3.63, 3.8) is 0 Å². The summed E-state index contributed by atoms with van der Waals surface area (Å²) in [4.78, 5) is 24.1. The second-order valence-corrected chi connectivity index (χ2v) is 6.71.